The maximum absolute atomic E-state index is 14.4. The van der Waals surface area contributed by atoms with E-state index in [1.165, 1.54) is 40.8 Å². The van der Waals surface area contributed by atoms with E-state index in [-0.39, 0.29) is 22.8 Å². The zero-order valence-electron chi connectivity index (χ0n) is 15.4. The molecule has 2 heterocycles. The Morgan fingerprint density at radius 1 is 1.07 bits per heavy atom. The minimum atomic E-state index is -4.83. The van der Waals surface area contributed by atoms with Crippen LogP contribution in [0.15, 0.2) is 53.3 Å². The lowest BCUT2D eigenvalue weighted by Gasteiger charge is -2.32. The third-order valence-electron chi connectivity index (χ3n) is 4.77. The van der Waals surface area contributed by atoms with E-state index in [4.69, 9.17) is 0 Å². The predicted molar refractivity (Wildman–Crippen MR) is 103 cm³/mol. The molecule has 3 aromatic rings. The molecule has 10 heteroatoms. The van der Waals surface area contributed by atoms with E-state index in [1.54, 1.807) is 12.1 Å². The maximum Gasteiger partial charge on any atom is 0.573 e. The Kier molecular flexibility index (Phi) is 4.89. The first-order chi connectivity index (χ1) is 14.2. The molecule has 0 aliphatic carbocycles. The van der Waals surface area contributed by atoms with Crippen molar-refractivity contribution in [3.05, 3.63) is 74.5 Å². The SMILES string of the molecule is Cn1c2c(sc1=O)[C@@H](c1ccccc1F)CC(=O)N2c1ccc(OC(F)(F)F)cc1. The average Bonchev–Trinajstić information content (AvgIpc) is 2.96. The fraction of sp³-hybridized carbons (Fsp3) is 0.200. The van der Waals surface area contributed by atoms with Gasteiger partial charge in [-0.25, -0.2) is 4.39 Å². The Labute approximate surface area is 171 Å². The van der Waals surface area contributed by atoms with E-state index >= 15 is 0 Å². The van der Waals surface area contributed by atoms with Crippen LogP contribution >= 0.6 is 11.3 Å². The molecule has 1 aromatic heterocycles. The summed E-state index contributed by atoms with van der Waals surface area (Å²) in [5.74, 6) is -1.67. The van der Waals surface area contributed by atoms with Gasteiger partial charge in [-0.1, -0.05) is 29.5 Å². The second kappa shape index (κ2) is 7.28. The van der Waals surface area contributed by atoms with Crippen molar-refractivity contribution in [2.45, 2.75) is 18.7 Å². The molecule has 1 atom stereocenters. The number of rotatable bonds is 3. The maximum atomic E-state index is 14.4. The van der Waals surface area contributed by atoms with E-state index in [0.717, 1.165) is 23.5 Å². The number of carbonyl (C=O) groups is 1. The minimum Gasteiger partial charge on any atom is -0.406 e. The summed E-state index contributed by atoms with van der Waals surface area (Å²) in [4.78, 5) is 26.8. The van der Waals surface area contributed by atoms with Crippen molar-refractivity contribution in [3.8, 4) is 5.75 Å². The third kappa shape index (κ3) is 3.58. The Morgan fingerprint density at radius 2 is 1.73 bits per heavy atom. The van der Waals surface area contributed by atoms with Gasteiger partial charge in [0.15, 0.2) is 0 Å². The second-order valence-electron chi connectivity index (χ2n) is 6.66. The number of fused-ring (bicyclic) bond motifs is 1. The first kappa shape index (κ1) is 20.1. The van der Waals surface area contributed by atoms with Gasteiger partial charge in [-0.15, -0.1) is 13.2 Å². The van der Waals surface area contributed by atoms with Gasteiger partial charge in [-0.3, -0.25) is 19.1 Å². The van der Waals surface area contributed by atoms with Crippen LogP contribution in [0.1, 0.15) is 22.8 Å². The van der Waals surface area contributed by atoms with E-state index in [1.807, 2.05) is 0 Å². The average molecular weight is 438 g/mol. The number of benzene rings is 2. The Bertz CT molecular complexity index is 1170. The van der Waals surface area contributed by atoms with Crippen LogP contribution in [-0.2, 0) is 11.8 Å². The minimum absolute atomic E-state index is 0.0886. The van der Waals surface area contributed by atoms with E-state index in [9.17, 15) is 27.2 Å². The summed E-state index contributed by atoms with van der Waals surface area (Å²) in [6, 6.07) is 10.8. The molecule has 0 bridgehead atoms. The molecule has 1 amide bonds. The molecule has 0 unspecified atom stereocenters. The fourth-order valence-corrected chi connectivity index (χ4v) is 4.58. The van der Waals surface area contributed by atoms with Gasteiger partial charge in [0.05, 0.1) is 10.6 Å². The number of amides is 1. The van der Waals surface area contributed by atoms with Crippen LogP contribution in [0.2, 0.25) is 0 Å². The number of hydrogen-bond acceptors (Lipinski definition) is 4. The van der Waals surface area contributed by atoms with Crippen molar-refractivity contribution in [3.63, 3.8) is 0 Å². The molecule has 0 N–H and O–H groups in total. The van der Waals surface area contributed by atoms with Crippen LogP contribution in [-0.4, -0.2) is 16.8 Å². The summed E-state index contributed by atoms with van der Waals surface area (Å²) in [5.41, 5.74) is 0.582. The van der Waals surface area contributed by atoms with Crippen LogP contribution in [0.4, 0.5) is 29.1 Å². The summed E-state index contributed by atoms with van der Waals surface area (Å²) < 4.78 is 56.7. The molecule has 1 aliphatic rings. The number of ether oxygens (including phenoxy) is 1. The number of hydrogen-bond donors (Lipinski definition) is 0. The van der Waals surface area contributed by atoms with Crippen molar-refractivity contribution in [1.82, 2.24) is 4.57 Å². The molecule has 1 aliphatic heterocycles. The van der Waals surface area contributed by atoms with E-state index in [0.29, 0.717) is 10.4 Å². The van der Waals surface area contributed by atoms with Crippen LogP contribution in [0.3, 0.4) is 0 Å². The molecule has 156 valence electrons. The molecule has 2 aromatic carbocycles. The highest BCUT2D eigenvalue weighted by molar-refractivity contribution is 7.10. The fourth-order valence-electron chi connectivity index (χ4n) is 3.50. The Balaban J connectivity index is 1.79. The first-order valence-corrected chi connectivity index (χ1v) is 9.60. The molecule has 0 saturated heterocycles. The standard InChI is InChI=1S/C20H14F4N2O3S/c1-25-18-17(30-19(25)28)14(13-4-2-3-5-15(13)21)10-16(27)26(18)11-6-8-12(9-7-11)29-20(22,23)24/h2-9,14H,10H2,1H3/t14-/m1/s1. The lowest BCUT2D eigenvalue weighted by atomic mass is 9.90. The summed E-state index contributed by atoms with van der Waals surface area (Å²) in [6.07, 6.45) is -4.92. The highest BCUT2D eigenvalue weighted by atomic mass is 32.1. The number of carbonyl (C=O) groups excluding carboxylic acids is 1. The van der Waals surface area contributed by atoms with Gasteiger partial charge in [0, 0.05) is 19.4 Å². The van der Waals surface area contributed by atoms with Gasteiger partial charge in [0.2, 0.25) is 5.91 Å². The van der Waals surface area contributed by atoms with Crippen molar-refractivity contribution in [2.24, 2.45) is 7.05 Å². The number of nitrogens with zero attached hydrogens (tertiary/aromatic N) is 2. The van der Waals surface area contributed by atoms with Crippen molar-refractivity contribution in [1.29, 1.82) is 0 Å². The summed E-state index contributed by atoms with van der Waals surface area (Å²) in [5, 5.41) is 0. The van der Waals surface area contributed by atoms with Crippen LogP contribution in [0, 0.1) is 5.82 Å². The molecule has 5 nitrogen and oxygen atoms in total. The van der Waals surface area contributed by atoms with Gasteiger partial charge in [0.25, 0.3) is 0 Å². The summed E-state index contributed by atoms with van der Waals surface area (Å²) >= 11 is 0.913. The van der Waals surface area contributed by atoms with Crippen LogP contribution in [0.5, 0.6) is 5.75 Å². The number of thiazole rings is 1. The summed E-state index contributed by atoms with van der Waals surface area (Å²) in [7, 11) is 1.49. The third-order valence-corrected chi connectivity index (χ3v) is 5.91. The molecular weight excluding hydrogens is 424 g/mol. The molecule has 4 rings (SSSR count). The van der Waals surface area contributed by atoms with E-state index < -0.39 is 29.8 Å². The van der Waals surface area contributed by atoms with Crippen LogP contribution < -0.4 is 14.5 Å². The molecule has 0 fully saturated rings. The van der Waals surface area contributed by atoms with Gasteiger partial charge >= 0.3 is 11.2 Å². The zero-order chi connectivity index (χ0) is 21.6. The number of alkyl halides is 3. The topological polar surface area (TPSA) is 51.5 Å². The number of aromatic nitrogens is 1. The number of halogens is 4. The zero-order valence-corrected chi connectivity index (χ0v) is 16.3. The summed E-state index contributed by atoms with van der Waals surface area (Å²) in [6.45, 7) is 0. The Morgan fingerprint density at radius 3 is 2.37 bits per heavy atom. The Hall–Kier alpha value is -3.14. The quantitative estimate of drug-likeness (QED) is 0.558. The highest BCUT2D eigenvalue weighted by Crippen LogP contribution is 2.45. The molecule has 0 saturated carbocycles. The van der Waals surface area contributed by atoms with Crippen molar-refractivity contribution < 1.29 is 27.1 Å². The lowest BCUT2D eigenvalue weighted by molar-refractivity contribution is -0.274. The van der Waals surface area contributed by atoms with Crippen molar-refractivity contribution in [2.75, 3.05) is 4.90 Å². The lowest BCUT2D eigenvalue weighted by Crippen LogP contribution is -2.34. The smallest absolute Gasteiger partial charge is 0.406 e. The van der Waals surface area contributed by atoms with Gasteiger partial charge in [-0.2, -0.15) is 0 Å². The van der Waals surface area contributed by atoms with Gasteiger partial charge in [-0.05, 0) is 35.9 Å². The highest BCUT2D eigenvalue weighted by Gasteiger charge is 2.38. The second-order valence-corrected chi connectivity index (χ2v) is 7.66. The molecule has 0 spiro atoms. The monoisotopic (exact) mass is 438 g/mol. The predicted octanol–water partition coefficient (Wildman–Crippen LogP) is 4.68. The largest absolute Gasteiger partial charge is 0.573 e. The normalized spacial score (nSPS) is 16.5. The van der Waals surface area contributed by atoms with Crippen molar-refractivity contribution >= 4 is 28.7 Å². The molecule has 30 heavy (non-hydrogen) atoms. The molecule has 0 radical (unpaired) electrons. The number of anilines is 2. The van der Waals surface area contributed by atoms with Gasteiger partial charge in [0.1, 0.15) is 17.4 Å². The molecular formula is C20H14F4N2O3S. The van der Waals surface area contributed by atoms with Gasteiger partial charge < -0.3 is 4.74 Å². The van der Waals surface area contributed by atoms with Crippen LogP contribution in [0.25, 0.3) is 0 Å². The first-order valence-electron chi connectivity index (χ1n) is 8.78. The van der Waals surface area contributed by atoms with E-state index in [2.05, 4.69) is 4.74 Å².